The van der Waals surface area contributed by atoms with Crippen LogP contribution in [0.2, 0.25) is 5.02 Å². The molecule has 3 heterocycles. The normalized spacial score (nSPS) is 13.9. The third-order valence-corrected chi connectivity index (χ3v) is 5.87. The number of fused-ring (bicyclic) bond motifs is 2. The smallest absolute Gasteiger partial charge is 0.226 e. The molecule has 0 spiro atoms. The molecule has 2 N–H and O–H groups in total. The Bertz CT molecular complexity index is 1200. The number of aryl methyl sites for hydroxylation is 1. The second-order valence-corrected chi connectivity index (χ2v) is 8.19. The van der Waals surface area contributed by atoms with E-state index in [1.54, 1.807) is 10.9 Å². The third-order valence-electron chi connectivity index (χ3n) is 5.62. The predicted octanol–water partition coefficient (Wildman–Crippen LogP) is 4.23. The van der Waals surface area contributed by atoms with Crippen molar-refractivity contribution in [2.45, 2.75) is 13.0 Å². The van der Waals surface area contributed by atoms with E-state index < -0.39 is 0 Å². The molecule has 158 valence electrons. The zero-order valence-corrected chi connectivity index (χ0v) is 18.1. The SMILES string of the molecule is Cn1ncc2c(Nc3ccc(Cl)cc3)nc(NCCN3CCc4ccccc4C3)nc21. The van der Waals surface area contributed by atoms with E-state index in [2.05, 4.69) is 49.9 Å². The molecule has 0 bridgehead atoms. The number of aromatic nitrogens is 4. The van der Waals surface area contributed by atoms with E-state index in [4.69, 9.17) is 16.6 Å². The van der Waals surface area contributed by atoms with Crippen LogP contribution in [-0.2, 0) is 20.0 Å². The molecule has 0 radical (unpaired) electrons. The lowest BCUT2D eigenvalue weighted by atomic mass is 10.00. The molecule has 2 aromatic heterocycles. The summed E-state index contributed by atoms with van der Waals surface area (Å²) in [4.78, 5) is 11.8. The number of anilines is 3. The molecule has 5 rings (SSSR count). The number of halogens is 1. The number of hydrogen-bond donors (Lipinski definition) is 2. The molecule has 4 aromatic rings. The van der Waals surface area contributed by atoms with E-state index in [1.165, 1.54) is 11.1 Å². The van der Waals surface area contributed by atoms with Crippen molar-refractivity contribution in [3.8, 4) is 0 Å². The first-order valence-electron chi connectivity index (χ1n) is 10.4. The second-order valence-electron chi connectivity index (χ2n) is 7.75. The molecule has 31 heavy (non-hydrogen) atoms. The van der Waals surface area contributed by atoms with Crippen LogP contribution in [0.1, 0.15) is 11.1 Å². The average Bonchev–Trinajstić information content (AvgIpc) is 3.16. The van der Waals surface area contributed by atoms with Gasteiger partial charge < -0.3 is 10.6 Å². The van der Waals surface area contributed by atoms with E-state index >= 15 is 0 Å². The summed E-state index contributed by atoms with van der Waals surface area (Å²) >= 11 is 6.01. The molecule has 0 saturated carbocycles. The summed E-state index contributed by atoms with van der Waals surface area (Å²) in [5, 5.41) is 12.7. The first-order valence-corrected chi connectivity index (χ1v) is 10.8. The minimum Gasteiger partial charge on any atom is -0.353 e. The van der Waals surface area contributed by atoms with Crippen molar-refractivity contribution in [1.82, 2.24) is 24.6 Å². The highest BCUT2D eigenvalue weighted by Gasteiger charge is 2.16. The standard InChI is InChI=1S/C23H24ClN7/c1-30-22-20(14-26-30)21(27-19-8-6-18(24)7-9-19)28-23(29-22)25-11-13-31-12-10-16-4-2-3-5-17(16)15-31/h2-9,14H,10-13,15H2,1H3,(H2,25,27,28,29). The monoisotopic (exact) mass is 433 g/mol. The Labute approximate surface area is 186 Å². The van der Waals surface area contributed by atoms with Crippen LogP contribution in [0.15, 0.2) is 54.7 Å². The molecule has 8 heteroatoms. The second kappa shape index (κ2) is 8.53. The van der Waals surface area contributed by atoms with Crippen molar-refractivity contribution in [1.29, 1.82) is 0 Å². The Morgan fingerprint density at radius 3 is 2.68 bits per heavy atom. The largest absolute Gasteiger partial charge is 0.353 e. The highest BCUT2D eigenvalue weighted by molar-refractivity contribution is 6.30. The summed E-state index contributed by atoms with van der Waals surface area (Å²) in [5.41, 5.74) is 4.58. The Hall–Kier alpha value is -3.16. The molecule has 2 aromatic carbocycles. The van der Waals surface area contributed by atoms with Gasteiger partial charge in [0.1, 0.15) is 5.82 Å². The van der Waals surface area contributed by atoms with Crippen molar-refractivity contribution in [3.63, 3.8) is 0 Å². The van der Waals surface area contributed by atoms with E-state index in [-0.39, 0.29) is 0 Å². The summed E-state index contributed by atoms with van der Waals surface area (Å²) < 4.78 is 1.76. The van der Waals surface area contributed by atoms with Gasteiger partial charge in [-0.25, -0.2) is 0 Å². The zero-order valence-electron chi connectivity index (χ0n) is 17.3. The van der Waals surface area contributed by atoms with Crippen LogP contribution >= 0.6 is 11.6 Å². The Morgan fingerprint density at radius 2 is 1.84 bits per heavy atom. The van der Waals surface area contributed by atoms with Gasteiger partial charge in [-0.1, -0.05) is 35.9 Å². The summed E-state index contributed by atoms with van der Waals surface area (Å²) in [6, 6.07) is 16.2. The van der Waals surface area contributed by atoms with Crippen LogP contribution < -0.4 is 10.6 Å². The molecule has 1 aliphatic rings. The van der Waals surface area contributed by atoms with Gasteiger partial charge in [0, 0.05) is 43.9 Å². The Balaban J connectivity index is 1.29. The lowest BCUT2D eigenvalue weighted by molar-refractivity contribution is 0.264. The summed E-state index contributed by atoms with van der Waals surface area (Å²) in [7, 11) is 1.89. The van der Waals surface area contributed by atoms with E-state index in [0.717, 1.165) is 55.1 Å². The fraction of sp³-hybridized carbons (Fsp3) is 0.261. The lowest BCUT2D eigenvalue weighted by Crippen LogP contribution is -2.34. The quantitative estimate of drug-likeness (QED) is 0.474. The number of nitrogens with one attached hydrogen (secondary N) is 2. The zero-order chi connectivity index (χ0) is 21.2. The number of hydrogen-bond acceptors (Lipinski definition) is 6. The molecule has 1 aliphatic heterocycles. The van der Waals surface area contributed by atoms with Crippen molar-refractivity contribution in [2.75, 3.05) is 30.3 Å². The number of rotatable bonds is 6. The topological polar surface area (TPSA) is 70.9 Å². The molecule has 0 atom stereocenters. The molecule has 7 nitrogen and oxygen atoms in total. The van der Waals surface area contributed by atoms with Crippen LogP contribution in [0.4, 0.5) is 17.5 Å². The maximum atomic E-state index is 6.01. The molecular weight excluding hydrogens is 410 g/mol. The number of benzene rings is 2. The van der Waals surface area contributed by atoms with Gasteiger partial charge in [0.2, 0.25) is 5.95 Å². The van der Waals surface area contributed by atoms with E-state index in [1.807, 2.05) is 31.3 Å². The molecule has 0 fully saturated rings. The molecule has 0 unspecified atom stereocenters. The van der Waals surface area contributed by atoms with Gasteiger partial charge in [0.15, 0.2) is 5.65 Å². The van der Waals surface area contributed by atoms with Crippen LogP contribution in [0.3, 0.4) is 0 Å². The van der Waals surface area contributed by atoms with Crippen LogP contribution in [0.5, 0.6) is 0 Å². The van der Waals surface area contributed by atoms with Crippen molar-refractivity contribution >= 4 is 40.1 Å². The van der Waals surface area contributed by atoms with Crippen LogP contribution in [0.25, 0.3) is 11.0 Å². The van der Waals surface area contributed by atoms with Gasteiger partial charge in [-0.05, 0) is 41.8 Å². The number of nitrogens with zero attached hydrogens (tertiary/aromatic N) is 5. The van der Waals surface area contributed by atoms with Crippen LogP contribution in [0, 0.1) is 0 Å². The van der Waals surface area contributed by atoms with Gasteiger partial charge in [0.25, 0.3) is 0 Å². The first-order chi connectivity index (χ1) is 15.2. The van der Waals surface area contributed by atoms with Gasteiger partial charge in [-0.3, -0.25) is 9.58 Å². The summed E-state index contributed by atoms with van der Waals surface area (Å²) in [6.45, 7) is 3.76. The predicted molar refractivity (Wildman–Crippen MR) is 125 cm³/mol. The highest BCUT2D eigenvalue weighted by Crippen LogP contribution is 2.25. The van der Waals surface area contributed by atoms with Crippen molar-refractivity contribution in [3.05, 3.63) is 70.9 Å². The maximum Gasteiger partial charge on any atom is 0.226 e. The molecule has 0 amide bonds. The maximum absolute atomic E-state index is 6.01. The molecular formula is C23H24ClN7. The fourth-order valence-corrected chi connectivity index (χ4v) is 4.06. The third kappa shape index (κ3) is 4.33. The van der Waals surface area contributed by atoms with Gasteiger partial charge in [-0.15, -0.1) is 0 Å². The fourth-order valence-electron chi connectivity index (χ4n) is 3.94. The van der Waals surface area contributed by atoms with Gasteiger partial charge >= 0.3 is 0 Å². The van der Waals surface area contributed by atoms with Crippen LogP contribution in [-0.4, -0.2) is 44.3 Å². The summed E-state index contributed by atoms with van der Waals surface area (Å²) in [5.74, 6) is 1.31. The molecule has 0 saturated heterocycles. The minimum absolute atomic E-state index is 0.588. The van der Waals surface area contributed by atoms with Gasteiger partial charge in [0.05, 0.1) is 11.6 Å². The Kier molecular flexibility index (Phi) is 5.44. The average molecular weight is 434 g/mol. The highest BCUT2D eigenvalue weighted by atomic mass is 35.5. The minimum atomic E-state index is 0.588. The van der Waals surface area contributed by atoms with Gasteiger partial charge in [-0.2, -0.15) is 15.1 Å². The van der Waals surface area contributed by atoms with Crippen molar-refractivity contribution in [2.24, 2.45) is 7.05 Å². The Morgan fingerprint density at radius 1 is 1.03 bits per heavy atom. The molecule has 0 aliphatic carbocycles. The van der Waals surface area contributed by atoms with E-state index in [9.17, 15) is 0 Å². The first kappa shape index (κ1) is 19.8. The lowest BCUT2D eigenvalue weighted by Gasteiger charge is -2.28. The summed E-state index contributed by atoms with van der Waals surface area (Å²) in [6.07, 6.45) is 2.88. The van der Waals surface area contributed by atoms with E-state index in [0.29, 0.717) is 11.0 Å². The van der Waals surface area contributed by atoms with Crippen molar-refractivity contribution < 1.29 is 0 Å².